The molecule has 0 atom stereocenters. The first-order valence-electron chi connectivity index (χ1n) is 2.78. The Morgan fingerprint density at radius 1 is 1.73 bits per heavy atom. The molecule has 11 heavy (non-hydrogen) atoms. The summed E-state index contributed by atoms with van der Waals surface area (Å²) >= 11 is 0. The Bertz CT molecular complexity index is 344. The maximum absolute atomic E-state index is 8.47. The predicted molar refractivity (Wildman–Crippen MR) is 37.8 cm³/mol. The van der Waals surface area contributed by atoms with Crippen molar-refractivity contribution in [1.29, 1.82) is 5.26 Å². The minimum absolute atomic E-state index is 0.123. The zero-order chi connectivity index (χ0) is 8.10. The minimum atomic E-state index is 0.123. The molecule has 0 N–H and O–H groups in total. The lowest BCUT2D eigenvalue weighted by molar-refractivity contribution is 1.24. The topological polar surface area (TPSA) is 85.4 Å². The van der Waals surface area contributed by atoms with Crippen LogP contribution in [0.4, 0.5) is 5.82 Å². The molecule has 0 amide bonds. The molecule has 0 radical (unpaired) electrons. The molecule has 0 aliphatic carbocycles. The molecule has 5 nitrogen and oxygen atoms in total. The lowest BCUT2D eigenvalue weighted by Gasteiger charge is -1.90. The van der Waals surface area contributed by atoms with E-state index in [2.05, 4.69) is 15.0 Å². The summed E-state index contributed by atoms with van der Waals surface area (Å²) in [4.78, 5) is 6.22. The Labute approximate surface area is 62.5 Å². The van der Waals surface area contributed by atoms with Crippen LogP contribution in [-0.4, -0.2) is 4.98 Å². The first kappa shape index (κ1) is 7.06. The van der Waals surface area contributed by atoms with Gasteiger partial charge in [0, 0.05) is 11.1 Å². The van der Waals surface area contributed by atoms with Gasteiger partial charge in [0.25, 0.3) is 0 Å². The molecule has 52 valence electrons. The van der Waals surface area contributed by atoms with Gasteiger partial charge in [-0.3, -0.25) is 4.98 Å². The summed E-state index contributed by atoms with van der Waals surface area (Å²) < 4.78 is 0. The van der Waals surface area contributed by atoms with Gasteiger partial charge in [0.05, 0.1) is 5.56 Å². The molecule has 0 unspecified atom stereocenters. The van der Waals surface area contributed by atoms with Crippen LogP contribution in [-0.2, 0) is 0 Å². The normalized spacial score (nSPS) is 7.91. The molecular weight excluding hydrogens is 142 g/mol. The Morgan fingerprint density at radius 2 is 2.55 bits per heavy atom. The molecule has 0 aliphatic heterocycles. The Hall–Kier alpha value is -2.05. The Kier molecular flexibility index (Phi) is 2.06. The van der Waals surface area contributed by atoms with Gasteiger partial charge in [-0.2, -0.15) is 5.26 Å². The molecule has 0 aromatic carbocycles. The molecule has 0 bridgehead atoms. The molecule has 0 saturated carbocycles. The van der Waals surface area contributed by atoms with E-state index in [0.29, 0.717) is 0 Å². The van der Waals surface area contributed by atoms with Crippen molar-refractivity contribution in [3.05, 3.63) is 34.3 Å². The summed E-state index contributed by atoms with van der Waals surface area (Å²) in [5, 5.41) is 11.7. The van der Waals surface area contributed by atoms with E-state index in [4.69, 9.17) is 10.8 Å². The largest absolute Gasteiger partial charge is 0.253 e. The van der Waals surface area contributed by atoms with Gasteiger partial charge < -0.3 is 0 Å². The van der Waals surface area contributed by atoms with Gasteiger partial charge in [-0.05, 0) is 22.8 Å². The van der Waals surface area contributed by atoms with Gasteiger partial charge >= 0.3 is 0 Å². The van der Waals surface area contributed by atoms with Crippen LogP contribution in [0, 0.1) is 11.3 Å². The molecule has 1 heterocycles. The van der Waals surface area contributed by atoms with Crippen molar-refractivity contribution in [2.24, 2.45) is 5.11 Å². The first-order valence-corrected chi connectivity index (χ1v) is 2.78. The van der Waals surface area contributed by atoms with E-state index in [1.165, 1.54) is 12.3 Å². The molecule has 1 aromatic heterocycles. The van der Waals surface area contributed by atoms with Crippen molar-refractivity contribution in [3.8, 4) is 6.07 Å². The highest BCUT2D eigenvalue weighted by Crippen LogP contribution is 2.12. The molecule has 1 rings (SSSR count). The summed E-state index contributed by atoms with van der Waals surface area (Å²) in [5.74, 6) is 0.123. The van der Waals surface area contributed by atoms with E-state index in [1.807, 2.05) is 6.07 Å². The summed E-state index contributed by atoms with van der Waals surface area (Å²) in [5.41, 5.74) is 8.33. The highest BCUT2D eigenvalue weighted by molar-refractivity contribution is 5.46. The lowest BCUT2D eigenvalue weighted by atomic mass is 10.3. The van der Waals surface area contributed by atoms with E-state index in [9.17, 15) is 0 Å². The second-order valence-electron chi connectivity index (χ2n) is 1.68. The van der Waals surface area contributed by atoms with Gasteiger partial charge in [-0.25, -0.2) is 0 Å². The van der Waals surface area contributed by atoms with Crippen molar-refractivity contribution in [2.45, 2.75) is 0 Å². The van der Waals surface area contributed by atoms with Crippen LogP contribution in [0.5, 0.6) is 0 Å². The van der Waals surface area contributed by atoms with Crippen LogP contribution < -0.4 is 0 Å². The average molecular weight is 145 g/mol. The maximum Gasteiger partial charge on any atom is 0.144 e. The Morgan fingerprint density at radius 3 is 3.18 bits per heavy atom. The summed E-state index contributed by atoms with van der Waals surface area (Å²) in [7, 11) is 0. The molecule has 0 fully saturated rings. The third-order valence-electron chi connectivity index (χ3n) is 1.05. The third-order valence-corrected chi connectivity index (χ3v) is 1.05. The molecular formula is C6H3N5. The second kappa shape index (κ2) is 3.20. The van der Waals surface area contributed by atoms with Crippen molar-refractivity contribution in [2.75, 3.05) is 0 Å². The number of hydrogen-bond donors (Lipinski definition) is 0. The monoisotopic (exact) mass is 145 g/mol. The number of hydrogen-bond acceptors (Lipinski definition) is 3. The maximum atomic E-state index is 8.47. The van der Waals surface area contributed by atoms with Crippen LogP contribution in [0.1, 0.15) is 5.56 Å². The average Bonchev–Trinajstić information content (AvgIpc) is 2.06. The number of nitrogens with zero attached hydrogens (tertiary/aromatic N) is 5. The van der Waals surface area contributed by atoms with Crippen molar-refractivity contribution < 1.29 is 0 Å². The van der Waals surface area contributed by atoms with Crippen LogP contribution in [0.2, 0.25) is 0 Å². The summed E-state index contributed by atoms with van der Waals surface area (Å²) in [6, 6.07) is 5.00. The SMILES string of the molecule is N#Cc1cccnc1N=[N+]=[N-]. The molecule has 0 aliphatic rings. The Balaban J connectivity index is 3.25. The van der Waals surface area contributed by atoms with Crippen molar-refractivity contribution in [3.63, 3.8) is 0 Å². The van der Waals surface area contributed by atoms with Crippen molar-refractivity contribution >= 4 is 5.82 Å². The summed E-state index contributed by atoms with van der Waals surface area (Å²) in [6.45, 7) is 0. The zero-order valence-corrected chi connectivity index (χ0v) is 5.47. The van der Waals surface area contributed by atoms with Gasteiger partial charge in [0.1, 0.15) is 11.9 Å². The molecule has 5 heteroatoms. The molecule has 1 aromatic rings. The number of nitriles is 1. The van der Waals surface area contributed by atoms with Gasteiger partial charge in [-0.15, -0.1) is 0 Å². The highest BCUT2D eigenvalue weighted by atomic mass is 15.2. The van der Waals surface area contributed by atoms with E-state index in [-0.39, 0.29) is 11.4 Å². The lowest BCUT2D eigenvalue weighted by Crippen LogP contribution is -1.77. The van der Waals surface area contributed by atoms with Crippen LogP contribution in [0.25, 0.3) is 10.4 Å². The zero-order valence-electron chi connectivity index (χ0n) is 5.47. The highest BCUT2D eigenvalue weighted by Gasteiger charge is 1.96. The van der Waals surface area contributed by atoms with Crippen molar-refractivity contribution in [1.82, 2.24) is 4.98 Å². The smallest absolute Gasteiger partial charge is 0.144 e. The van der Waals surface area contributed by atoms with Gasteiger partial charge in [0.15, 0.2) is 0 Å². The fraction of sp³-hybridized carbons (Fsp3) is 0. The number of pyridine rings is 1. The molecule has 0 spiro atoms. The third kappa shape index (κ3) is 1.45. The van der Waals surface area contributed by atoms with Gasteiger partial charge in [0.2, 0.25) is 0 Å². The van der Waals surface area contributed by atoms with Gasteiger partial charge in [-0.1, -0.05) is 0 Å². The number of aromatic nitrogens is 1. The fourth-order valence-electron chi connectivity index (χ4n) is 0.606. The number of rotatable bonds is 1. The second-order valence-corrected chi connectivity index (χ2v) is 1.68. The van der Waals surface area contributed by atoms with Crippen LogP contribution >= 0.6 is 0 Å². The van der Waals surface area contributed by atoms with E-state index in [0.717, 1.165) is 0 Å². The van der Waals surface area contributed by atoms with E-state index >= 15 is 0 Å². The minimum Gasteiger partial charge on any atom is -0.253 e. The number of azide groups is 1. The van der Waals surface area contributed by atoms with Crippen LogP contribution in [0.3, 0.4) is 0 Å². The first-order chi connectivity index (χ1) is 5.38. The van der Waals surface area contributed by atoms with E-state index < -0.39 is 0 Å². The standard InChI is InChI=1S/C6H3N5/c7-4-5-2-1-3-9-6(5)10-11-8/h1-3H. The van der Waals surface area contributed by atoms with Crippen LogP contribution in [0.15, 0.2) is 23.4 Å². The van der Waals surface area contributed by atoms with E-state index in [1.54, 1.807) is 6.07 Å². The fourth-order valence-corrected chi connectivity index (χ4v) is 0.606. The quantitative estimate of drug-likeness (QED) is 0.343. The summed E-state index contributed by atoms with van der Waals surface area (Å²) in [6.07, 6.45) is 1.46. The molecule has 0 saturated heterocycles. The predicted octanol–water partition coefficient (Wildman–Crippen LogP) is 1.90.